The van der Waals surface area contributed by atoms with Crippen molar-refractivity contribution in [2.75, 3.05) is 20.1 Å². The van der Waals surface area contributed by atoms with E-state index in [1.807, 2.05) is 0 Å². The summed E-state index contributed by atoms with van der Waals surface area (Å²) in [6, 6.07) is 0. The molecule has 5 nitrogen and oxygen atoms in total. The van der Waals surface area contributed by atoms with Crippen molar-refractivity contribution in [3.8, 4) is 0 Å². The van der Waals surface area contributed by atoms with Gasteiger partial charge in [-0.15, -0.1) is 0 Å². The van der Waals surface area contributed by atoms with Crippen LogP contribution in [-0.4, -0.2) is 63.9 Å². The van der Waals surface area contributed by atoms with Gasteiger partial charge in [-0.05, 0) is 33.1 Å². The SMILES string of the molecule is CN1CCN(C(=O)C(F)(F)C2(O)CCC2)C(C)(C)C1=O. The van der Waals surface area contributed by atoms with Gasteiger partial charge in [-0.1, -0.05) is 0 Å². The molecule has 0 bridgehead atoms. The van der Waals surface area contributed by atoms with Gasteiger partial charge in [0.25, 0.3) is 5.91 Å². The molecule has 2 amide bonds. The monoisotopic (exact) mass is 290 g/mol. The van der Waals surface area contributed by atoms with Crippen LogP contribution in [0.3, 0.4) is 0 Å². The van der Waals surface area contributed by atoms with Gasteiger partial charge in [0.1, 0.15) is 11.1 Å². The lowest BCUT2D eigenvalue weighted by molar-refractivity contribution is -0.228. The molecule has 2 rings (SSSR count). The zero-order valence-corrected chi connectivity index (χ0v) is 11.9. The number of hydrogen-bond donors (Lipinski definition) is 1. The molecule has 1 N–H and O–H groups in total. The molecule has 114 valence electrons. The molecule has 2 aliphatic rings. The molecule has 7 heteroatoms. The predicted octanol–water partition coefficient (Wildman–Crippen LogP) is 0.616. The number of piperazine rings is 1. The first-order valence-electron chi connectivity index (χ1n) is 6.72. The second-order valence-corrected chi connectivity index (χ2v) is 6.20. The van der Waals surface area contributed by atoms with E-state index in [0.29, 0.717) is 6.42 Å². The summed E-state index contributed by atoms with van der Waals surface area (Å²) >= 11 is 0. The minimum absolute atomic E-state index is 0.0414. The van der Waals surface area contributed by atoms with E-state index in [1.54, 1.807) is 7.05 Å². The molecule has 0 unspecified atom stereocenters. The molecule has 0 radical (unpaired) electrons. The van der Waals surface area contributed by atoms with E-state index < -0.39 is 23.0 Å². The van der Waals surface area contributed by atoms with Crippen molar-refractivity contribution in [2.45, 2.75) is 50.2 Å². The first kappa shape index (κ1) is 15.2. The maximum Gasteiger partial charge on any atom is 0.352 e. The van der Waals surface area contributed by atoms with Gasteiger partial charge in [-0.3, -0.25) is 9.59 Å². The fourth-order valence-corrected chi connectivity index (χ4v) is 2.76. The Bertz CT molecular complexity index is 447. The molecule has 1 saturated heterocycles. The minimum Gasteiger partial charge on any atom is -0.383 e. The number of rotatable bonds is 2. The van der Waals surface area contributed by atoms with Gasteiger partial charge in [0.2, 0.25) is 5.91 Å². The molecule has 0 aromatic carbocycles. The first-order valence-corrected chi connectivity index (χ1v) is 6.72. The Morgan fingerprint density at radius 1 is 1.30 bits per heavy atom. The van der Waals surface area contributed by atoms with Crippen molar-refractivity contribution in [2.24, 2.45) is 0 Å². The number of likely N-dealkylation sites (N-methyl/N-ethyl adjacent to an activating group) is 1. The van der Waals surface area contributed by atoms with Crippen molar-refractivity contribution >= 4 is 11.8 Å². The van der Waals surface area contributed by atoms with Crippen LogP contribution in [0.1, 0.15) is 33.1 Å². The van der Waals surface area contributed by atoms with Gasteiger partial charge in [0, 0.05) is 20.1 Å². The van der Waals surface area contributed by atoms with Crippen LogP contribution in [0.15, 0.2) is 0 Å². The number of hydrogen-bond acceptors (Lipinski definition) is 3. The Morgan fingerprint density at radius 2 is 1.85 bits per heavy atom. The fraction of sp³-hybridized carbons (Fsp3) is 0.846. The van der Waals surface area contributed by atoms with Gasteiger partial charge >= 0.3 is 5.92 Å². The third kappa shape index (κ3) is 1.90. The van der Waals surface area contributed by atoms with Crippen LogP contribution in [0.4, 0.5) is 8.78 Å². The van der Waals surface area contributed by atoms with Gasteiger partial charge in [0.05, 0.1) is 0 Å². The average Bonchev–Trinajstić information content (AvgIpc) is 2.32. The smallest absolute Gasteiger partial charge is 0.352 e. The second-order valence-electron chi connectivity index (χ2n) is 6.20. The Labute approximate surface area is 116 Å². The van der Waals surface area contributed by atoms with Crippen molar-refractivity contribution in [1.29, 1.82) is 0 Å². The highest BCUT2D eigenvalue weighted by molar-refractivity contribution is 5.94. The van der Waals surface area contributed by atoms with Gasteiger partial charge in [-0.25, -0.2) is 0 Å². The van der Waals surface area contributed by atoms with E-state index in [1.165, 1.54) is 18.7 Å². The van der Waals surface area contributed by atoms with E-state index in [9.17, 15) is 23.5 Å². The molecule has 20 heavy (non-hydrogen) atoms. The fourth-order valence-electron chi connectivity index (χ4n) is 2.76. The normalized spacial score (nSPS) is 25.4. The molecular formula is C13H20F2N2O3. The summed E-state index contributed by atoms with van der Waals surface area (Å²) in [5.74, 6) is -5.68. The summed E-state index contributed by atoms with van der Waals surface area (Å²) < 4.78 is 28.5. The van der Waals surface area contributed by atoms with Crippen LogP contribution in [0.2, 0.25) is 0 Å². The molecule has 2 fully saturated rings. The van der Waals surface area contributed by atoms with Crippen LogP contribution < -0.4 is 0 Å². The third-order valence-corrected chi connectivity index (χ3v) is 4.48. The number of amides is 2. The van der Waals surface area contributed by atoms with Crippen molar-refractivity contribution < 1.29 is 23.5 Å². The van der Waals surface area contributed by atoms with E-state index >= 15 is 0 Å². The standard InChI is InChI=1S/C13H20F2N2O3/c1-11(2)9(18)16(3)7-8-17(11)10(19)13(14,15)12(20)5-4-6-12/h20H,4-8H2,1-3H3. The summed E-state index contributed by atoms with van der Waals surface area (Å²) in [5, 5.41) is 9.83. The molecule has 1 aliphatic carbocycles. The largest absolute Gasteiger partial charge is 0.383 e. The van der Waals surface area contributed by atoms with Gasteiger partial charge in [-0.2, -0.15) is 8.78 Å². The summed E-state index contributed by atoms with van der Waals surface area (Å²) in [4.78, 5) is 26.5. The quantitative estimate of drug-likeness (QED) is 0.811. The summed E-state index contributed by atoms with van der Waals surface area (Å²) in [6.45, 7) is 3.15. The molecule has 1 saturated carbocycles. The maximum atomic E-state index is 14.2. The lowest BCUT2D eigenvalue weighted by atomic mass is 9.74. The second kappa shape index (κ2) is 4.38. The summed E-state index contributed by atoms with van der Waals surface area (Å²) in [6.07, 6.45) is 0.298. The number of aliphatic hydroxyl groups is 1. The van der Waals surface area contributed by atoms with Crippen molar-refractivity contribution in [1.82, 2.24) is 9.80 Å². The molecule has 0 aromatic heterocycles. The van der Waals surface area contributed by atoms with Crippen LogP contribution in [0, 0.1) is 0 Å². The molecule has 1 aliphatic heterocycles. The Hall–Kier alpha value is -1.24. The van der Waals surface area contributed by atoms with E-state index in [0.717, 1.165) is 4.90 Å². The molecule has 0 atom stereocenters. The highest BCUT2D eigenvalue weighted by Crippen LogP contribution is 2.46. The number of alkyl halides is 2. The highest BCUT2D eigenvalue weighted by Gasteiger charge is 2.64. The number of nitrogens with zero attached hydrogens (tertiary/aromatic N) is 2. The van der Waals surface area contributed by atoms with E-state index in [4.69, 9.17) is 0 Å². The number of carbonyl (C=O) groups excluding carboxylic acids is 2. The van der Waals surface area contributed by atoms with E-state index in [2.05, 4.69) is 0 Å². The zero-order chi connectivity index (χ0) is 15.3. The lowest BCUT2D eigenvalue weighted by Gasteiger charge is -2.49. The van der Waals surface area contributed by atoms with Crippen molar-refractivity contribution in [3.63, 3.8) is 0 Å². The van der Waals surface area contributed by atoms with Crippen LogP contribution in [0.25, 0.3) is 0 Å². The van der Waals surface area contributed by atoms with Crippen LogP contribution >= 0.6 is 0 Å². The Balaban J connectivity index is 2.27. The highest BCUT2D eigenvalue weighted by atomic mass is 19.3. The van der Waals surface area contributed by atoms with E-state index in [-0.39, 0.29) is 31.8 Å². The number of halogens is 2. The maximum absolute atomic E-state index is 14.2. The zero-order valence-electron chi connectivity index (χ0n) is 11.9. The summed E-state index contributed by atoms with van der Waals surface area (Å²) in [7, 11) is 1.57. The molecular weight excluding hydrogens is 270 g/mol. The van der Waals surface area contributed by atoms with Crippen LogP contribution in [-0.2, 0) is 9.59 Å². The number of carbonyl (C=O) groups is 2. The topological polar surface area (TPSA) is 60.9 Å². The molecule has 0 aromatic rings. The Kier molecular flexibility index (Phi) is 3.32. The predicted molar refractivity (Wildman–Crippen MR) is 67.2 cm³/mol. The third-order valence-electron chi connectivity index (χ3n) is 4.48. The minimum atomic E-state index is -3.85. The molecule has 0 spiro atoms. The van der Waals surface area contributed by atoms with Gasteiger partial charge < -0.3 is 14.9 Å². The average molecular weight is 290 g/mol. The molecule has 1 heterocycles. The first-order chi connectivity index (χ1) is 9.04. The lowest BCUT2D eigenvalue weighted by Crippen LogP contribution is -2.69. The van der Waals surface area contributed by atoms with Gasteiger partial charge in [0.15, 0.2) is 0 Å². The van der Waals surface area contributed by atoms with Crippen LogP contribution in [0.5, 0.6) is 0 Å². The Morgan fingerprint density at radius 3 is 2.30 bits per heavy atom. The van der Waals surface area contributed by atoms with Crippen molar-refractivity contribution in [3.05, 3.63) is 0 Å². The summed E-state index contributed by atoms with van der Waals surface area (Å²) in [5.41, 5.74) is -3.58.